The second-order valence-corrected chi connectivity index (χ2v) is 4.69. The van der Waals surface area contributed by atoms with E-state index in [4.69, 9.17) is 0 Å². The summed E-state index contributed by atoms with van der Waals surface area (Å²) in [5.74, 6) is 0.972. The Balaban J connectivity index is 1.65. The van der Waals surface area contributed by atoms with Crippen LogP contribution in [-0.4, -0.2) is 25.8 Å². The lowest BCUT2D eigenvalue weighted by molar-refractivity contribution is 0.0951. The fourth-order valence-electron chi connectivity index (χ4n) is 1.92. The lowest BCUT2D eigenvalue weighted by atomic mass is 10.2. The summed E-state index contributed by atoms with van der Waals surface area (Å²) < 4.78 is 0. The highest BCUT2D eigenvalue weighted by molar-refractivity contribution is 5.94. The van der Waals surface area contributed by atoms with Crippen LogP contribution in [0.2, 0.25) is 0 Å². The van der Waals surface area contributed by atoms with Gasteiger partial charge < -0.3 is 10.6 Å². The fraction of sp³-hybridized carbons (Fsp3) is 0.0625. The average Bonchev–Trinajstić information content (AvgIpc) is 2.62. The number of hydrogen-bond donors (Lipinski definition) is 2. The van der Waals surface area contributed by atoms with Gasteiger partial charge in [-0.05, 0) is 29.8 Å². The standard InChI is InChI=1S/C16H14N6O/c23-16(20-10-12-2-1-5-17-9-12)13-3-7-19-15(8-13)22-14-4-6-18-11-21-14/h1-9,11H,10H2,(H,20,23)(H,18,19,21,22). The molecule has 3 heterocycles. The predicted octanol–water partition coefficient (Wildman–Crippen LogP) is 1.94. The van der Waals surface area contributed by atoms with E-state index < -0.39 is 0 Å². The van der Waals surface area contributed by atoms with Crippen molar-refractivity contribution in [2.45, 2.75) is 6.54 Å². The molecular weight excluding hydrogens is 292 g/mol. The molecule has 7 nitrogen and oxygen atoms in total. The minimum atomic E-state index is -0.179. The SMILES string of the molecule is O=C(NCc1cccnc1)c1ccnc(Nc2ccncn2)c1. The van der Waals surface area contributed by atoms with Gasteiger partial charge in [-0.25, -0.2) is 15.0 Å². The van der Waals surface area contributed by atoms with Gasteiger partial charge in [-0.1, -0.05) is 6.07 Å². The highest BCUT2D eigenvalue weighted by Gasteiger charge is 2.07. The Morgan fingerprint density at radius 1 is 1.00 bits per heavy atom. The van der Waals surface area contributed by atoms with Gasteiger partial charge in [0, 0.05) is 36.9 Å². The second kappa shape index (κ2) is 7.08. The first-order valence-corrected chi connectivity index (χ1v) is 6.97. The summed E-state index contributed by atoms with van der Waals surface area (Å²) in [5.41, 5.74) is 1.45. The van der Waals surface area contributed by atoms with Crippen molar-refractivity contribution in [3.8, 4) is 0 Å². The Kier molecular flexibility index (Phi) is 4.49. The van der Waals surface area contributed by atoms with Gasteiger partial charge >= 0.3 is 0 Å². The van der Waals surface area contributed by atoms with Crippen LogP contribution in [0.4, 0.5) is 11.6 Å². The zero-order chi connectivity index (χ0) is 15.9. The molecule has 3 aromatic heterocycles. The van der Waals surface area contributed by atoms with Gasteiger partial charge in [0.05, 0.1) is 0 Å². The summed E-state index contributed by atoms with van der Waals surface area (Å²) in [6.45, 7) is 0.420. The highest BCUT2D eigenvalue weighted by Crippen LogP contribution is 2.12. The number of hydrogen-bond acceptors (Lipinski definition) is 6. The predicted molar refractivity (Wildman–Crippen MR) is 85.0 cm³/mol. The molecule has 2 N–H and O–H groups in total. The summed E-state index contributed by atoms with van der Waals surface area (Å²) in [7, 11) is 0. The van der Waals surface area contributed by atoms with Crippen LogP contribution in [0.3, 0.4) is 0 Å². The number of carbonyl (C=O) groups is 1. The summed E-state index contributed by atoms with van der Waals surface area (Å²) in [6.07, 6.45) is 8.04. The Hall–Kier alpha value is -3.35. The van der Waals surface area contributed by atoms with Gasteiger partial charge in [-0.15, -0.1) is 0 Å². The molecule has 0 radical (unpaired) electrons. The molecule has 0 aliphatic carbocycles. The molecule has 0 aliphatic heterocycles. The molecule has 0 atom stereocenters. The molecule has 0 aromatic carbocycles. The molecule has 0 fully saturated rings. The van der Waals surface area contributed by atoms with Crippen molar-refractivity contribution in [1.29, 1.82) is 0 Å². The van der Waals surface area contributed by atoms with E-state index in [0.717, 1.165) is 5.56 Å². The molecule has 3 rings (SSSR count). The maximum absolute atomic E-state index is 12.2. The van der Waals surface area contributed by atoms with Gasteiger partial charge in [0.25, 0.3) is 5.91 Å². The molecule has 1 amide bonds. The van der Waals surface area contributed by atoms with E-state index in [9.17, 15) is 4.79 Å². The molecule has 0 saturated carbocycles. The molecule has 3 aromatic rings. The largest absolute Gasteiger partial charge is 0.348 e. The minimum absolute atomic E-state index is 0.179. The Bertz CT molecular complexity index is 779. The average molecular weight is 306 g/mol. The Morgan fingerprint density at radius 2 is 1.96 bits per heavy atom. The van der Waals surface area contributed by atoms with Crippen molar-refractivity contribution in [1.82, 2.24) is 25.3 Å². The van der Waals surface area contributed by atoms with Crippen LogP contribution in [0.25, 0.3) is 0 Å². The molecule has 23 heavy (non-hydrogen) atoms. The summed E-state index contributed by atoms with van der Waals surface area (Å²) in [5, 5.41) is 5.87. The van der Waals surface area contributed by atoms with Gasteiger partial charge in [0.2, 0.25) is 0 Å². The lowest BCUT2D eigenvalue weighted by Gasteiger charge is -2.07. The van der Waals surface area contributed by atoms with E-state index in [-0.39, 0.29) is 5.91 Å². The van der Waals surface area contributed by atoms with Crippen molar-refractivity contribution < 1.29 is 4.79 Å². The number of pyridine rings is 2. The maximum atomic E-state index is 12.2. The first-order chi connectivity index (χ1) is 11.3. The molecule has 0 unspecified atom stereocenters. The van der Waals surface area contributed by atoms with Gasteiger partial charge in [-0.2, -0.15) is 0 Å². The van der Waals surface area contributed by atoms with Gasteiger partial charge in [0.15, 0.2) is 0 Å². The molecule has 0 saturated heterocycles. The van der Waals surface area contributed by atoms with Crippen molar-refractivity contribution >= 4 is 17.5 Å². The smallest absolute Gasteiger partial charge is 0.251 e. The van der Waals surface area contributed by atoms with Crippen LogP contribution in [0.15, 0.2) is 61.4 Å². The molecule has 7 heteroatoms. The van der Waals surface area contributed by atoms with Crippen molar-refractivity contribution in [3.63, 3.8) is 0 Å². The van der Waals surface area contributed by atoms with E-state index >= 15 is 0 Å². The van der Waals surface area contributed by atoms with Crippen molar-refractivity contribution in [2.75, 3.05) is 5.32 Å². The quantitative estimate of drug-likeness (QED) is 0.748. The number of rotatable bonds is 5. The van der Waals surface area contributed by atoms with E-state index in [1.807, 2.05) is 12.1 Å². The van der Waals surface area contributed by atoms with E-state index in [0.29, 0.717) is 23.7 Å². The topological polar surface area (TPSA) is 92.7 Å². The number of anilines is 2. The molecule has 0 aliphatic rings. The summed E-state index contributed by atoms with van der Waals surface area (Å²) >= 11 is 0. The molecule has 114 valence electrons. The molecule has 0 spiro atoms. The zero-order valence-electron chi connectivity index (χ0n) is 12.2. The lowest BCUT2D eigenvalue weighted by Crippen LogP contribution is -2.23. The Morgan fingerprint density at radius 3 is 2.74 bits per heavy atom. The first-order valence-electron chi connectivity index (χ1n) is 6.97. The van der Waals surface area contributed by atoms with Crippen LogP contribution in [-0.2, 0) is 6.54 Å². The molecular formula is C16H14N6O. The first kappa shape index (κ1) is 14.6. The fourth-order valence-corrected chi connectivity index (χ4v) is 1.92. The second-order valence-electron chi connectivity index (χ2n) is 4.69. The van der Waals surface area contributed by atoms with Crippen molar-refractivity contribution in [2.24, 2.45) is 0 Å². The van der Waals surface area contributed by atoms with Crippen LogP contribution in [0.5, 0.6) is 0 Å². The highest BCUT2D eigenvalue weighted by atomic mass is 16.1. The zero-order valence-corrected chi connectivity index (χ0v) is 12.2. The number of nitrogens with one attached hydrogen (secondary N) is 2. The number of carbonyl (C=O) groups excluding carboxylic acids is 1. The van der Waals surface area contributed by atoms with Gasteiger partial charge in [0.1, 0.15) is 18.0 Å². The summed E-state index contributed by atoms with van der Waals surface area (Å²) in [4.78, 5) is 28.3. The van der Waals surface area contributed by atoms with Crippen LogP contribution >= 0.6 is 0 Å². The van der Waals surface area contributed by atoms with Gasteiger partial charge in [-0.3, -0.25) is 9.78 Å². The Labute approximate surface area is 132 Å². The number of nitrogens with zero attached hydrogens (tertiary/aromatic N) is 4. The summed E-state index contributed by atoms with van der Waals surface area (Å²) in [6, 6.07) is 8.78. The van der Waals surface area contributed by atoms with Crippen LogP contribution in [0.1, 0.15) is 15.9 Å². The van der Waals surface area contributed by atoms with Crippen LogP contribution in [0, 0.1) is 0 Å². The van der Waals surface area contributed by atoms with E-state index in [1.54, 1.807) is 43.0 Å². The normalized spacial score (nSPS) is 10.1. The van der Waals surface area contributed by atoms with E-state index in [2.05, 4.69) is 30.6 Å². The third kappa shape index (κ3) is 4.07. The third-order valence-electron chi connectivity index (χ3n) is 3.04. The number of amides is 1. The maximum Gasteiger partial charge on any atom is 0.251 e. The van der Waals surface area contributed by atoms with E-state index in [1.165, 1.54) is 6.33 Å². The number of aromatic nitrogens is 4. The minimum Gasteiger partial charge on any atom is -0.348 e. The third-order valence-corrected chi connectivity index (χ3v) is 3.04. The molecule has 0 bridgehead atoms. The van der Waals surface area contributed by atoms with Crippen LogP contribution < -0.4 is 10.6 Å². The monoisotopic (exact) mass is 306 g/mol. The van der Waals surface area contributed by atoms with Crippen molar-refractivity contribution in [3.05, 3.63) is 72.6 Å².